The molecule has 0 amide bonds. The summed E-state index contributed by atoms with van der Waals surface area (Å²) >= 11 is 1.69. The number of hydrogen-bond acceptors (Lipinski definition) is 0. The molecule has 7 aliphatic rings. The molecule has 0 nitrogen and oxygen atoms in total. The zero-order valence-corrected chi connectivity index (χ0v) is 26.1. The molecule has 196 valence electrons. The molecule has 0 radical (unpaired) electrons. The second-order valence-electron chi connectivity index (χ2n) is 13.4. The van der Waals surface area contributed by atoms with Gasteiger partial charge in [-0.05, 0) is 68.1 Å². The van der Waals surface area contributed by atoms with Gasteiger partial charge < -0.3 is 0 Å². The third-order valence-electron chi connectivity index (χ3n) is 10.2. The van der Waals surface area contributed by atoms with E-state index < -0.39 is 0 Å². The van der Waals surface area contributed by atoms with E-state index in [0.29, 0.717) is 11.3 Å². The van der Waals surface area contributed by atoms with Gasteiger partial charge in [0.15, 0.2) is 0 Å². The molecule has 0 aliphatic heterocycles. The first kappa shape index (κ1) is 26.9. The predicted octanol–water partition coefficient (Wildman–Crippen LogP) is 9.65. The summed E-state index contributed by atoms with van der Waals surface area (Å²) in [6.07, 6.45) is 25.1. The summed E-state index contributed by atoms with van der Waals surface area (Å²) in [6, 6.07) is 18.1. The average molecular weight is 580 g/mol. The van der Waals surface area contributed by atoms with Crippen molar-refractivity contribution in [1.29, 1.82) is 0 Å². The molecule has 9 rings (SSSR count). The van der Waals surface area contributed by atoms with Gasteiger partial charge in [-0.25, -0.2) is 5.57 Å². The van der Waals surface area contributed by atoms with Crippen molar-refractivity contribution < 1.29 is 24.2 Å². The molecule has 1 unspecified atom stereocenters. The van der Waals surface area contributed by atoms with Crippen molar-refractivity contribution in [1.82, 2.24) is 0 Å². The Morgan fingerprint density at radius 3 is 2.13 bits per heavy atom. The molecule has 2 aromatic carbocycles. The minimum Gasteiger partial charge on any atom is -0.179 e. The Morgan fingerprint density at radius 2 is 1.53 bits per heavy atom. The fraction of sp³-hybridized carbons (Fsp3) is 0.541. The monoisotopic (exact) mass is 578 g/mol. The van der Waals surface area contributed by atoms with Gasteiger partial charge in [0.05, 0.1) is 0 Å². The fourth-order valence-corrected chi connectivity index (χ4v) is 9.85. The first-order valence-corrected chi connectivity index (χ1v) is 16.6. The molecule has 5 saturated carbocycles. The fourth-order valence-electron chi connectivity index (χ4n) is 8.98. The minimum atomic E-state index is 0.564. The average Bonchev–Trinajstić information content (AvgIpc) is 3.42. The van der Waals surface area contributed by atoms with E-state index in [1.165, 1.54) is 66.4 Å². The summed E-state index contributed by atoms with van der Waals surface area (Å²) in [4.78, 5) is 0. The van der Waals surface area contributed by atoms with Gasteiger partial charge in [-0.1, -0.05) is 61.6 Å². The van der Waals surface area contributed by atoms with E-state index in [-0.39, 0.29) is 0 Å². The topological polar surface area (TPSA) is 0 Å². The van der Waals surface area contributed by atoms with Gasteiger partial charge >= 0.3 is 59.5 Å². The predicted molar refractivity (Wildman–Crippen MR) is 157 cm³/mol. The van der Waals surface area contributed by atoms with Crippen molar-refractivity contribution in [3.05, 3.63) is 83.0 Å². The van der Waals surface area contributed by atoms with Crippen molar-refractivity contribution in [3.63, 3.8) is 0 Å². The number of rotatable bonds is 2. The molecule has 0 heterocycles. The molecule has 4 bridgehead atoms. The molecule has 38 heavy (non-hydrogen) atoms. The maximum absolute atomic E-state index is 3.57. The smallest absolute Gasteiger partial charge is 0.0253 e. The van der Waals surface area contributed by atoms with Crippen molar-refractivity contribution in [2.24, 2.45) is 29.1 Å². The summed E-state index contributed by atoms with van der Waals surface area (Å²) < 4.78 is 1.80. The molecule has 1 heteroatoms. The van der Waals surface area contributed by atoms with Crippen LogP contribution in [-0.2, 0) is 30.7 Å². The van der Waals surface area contributed by atoms with Gasteiger partial charge in [0.1, 0.15) is 0 Å². The van der Waals surface area contributed by atoms with E-state index in [1.54, 1.807) is 71.5 Å². The van der Waals surface area contributed by atoms with Crippen LogP contribution >= 0.6 is 0 Å². The SMILES string of the molecule is CC1=[C-]C(C)C=C1CC12CC3CC(CC(C3)C1)C2.[Zr+2]=[C]1CCCCC1.[c-]1cccc2c1Cc1ccccc1-2. The van der Waals surface area contributed by atoms with E-state index >= 15 is 0 Å². The molecule has 2 aromatic rings. The molecule has 7 aliphatic carbocycles. The Morgan fingerprint density at radius 1 is 0.868 bits per heavy atom. The second-order valence-corrected chi connectivity index (χ2v) is 15.1. The summed E-state index contributed by atoms with van der Waals surface area (Å²) in [5, 5.41) is 0. The quantitative estimate of drug-likeness (QED) is 0.265. The number of fused-ring (bicyclic) bond motifs is 3. The minimum absolute atomic E-state index is 0.564. The summed E-state index contributed by atoms with van der Waals surface area (Å²) in [6.45, 7) is 4.55. The van der Waals surface area contributed by atoms with E-state index in [1.807, 2.05) is 6.07 Å². The maximum Gasteiger partial charge on any atom is -0.0253 e. The van der Waals surface area contributed by atoms with Crippen LogP contribution in [0.2, 0.25) is 0 Å². The Kier molecular flexibility index (Phi) is 8.24. The summed E-state index contributed by atoms with van der Waals surface area (Å²) in [5.41, 5.74) is 9.31. The van der Waals surface area contributed by atoms with Crippen LogP contribution in [0.15, 0.2) is 59.7 Å². The molecular formula is C37H44Zr. The third-order valence-corrected chi connectivity index (χ3v) is 11.4. The van der Waals surface area contributed by atoms with Crippen LogP contribution in [0.25, 0.3) is 11.1 Å². The molecule has 0 aromatic heterocycles. The van der Waals surface area contributed by atoms with E-state index in [2.05, 4.69) is 68.5 Å². The summed E-state index contributed by atoms with van der Waals surface area (Å²) in [7, 11) is 0. The van der Waals surface area contributed by atoms with Crippen LogP contribution in [-0.4, -0.2) is 3.21 Å². The zero-order valence-electron chi connectivity index (χ0n) is 23.6. The third kappa shape index (κ3) is 6.04. The number of benzene rings is 2. The molecule has 0 saturated heterocycles. The molecule has 5 fully saturated rings. The van der Waals surface area contributed by atoms with Gasteiger partial charge in [-0.3, -0.25) is 6.08 Å². The van der Waals surface area contributed by atoms with Gasteiger partial charge in [0, 0.05) is 0 Å². The first-order valence-electron chi connectivity index (χ1n) is 15.4. The van der Waals surface area contributed by atoms with Crippen LogP contribution in [0.4, 0.5) is 0 Å². The van der Waals surface area contributed by atoms with Crippen LogP contribution in [0.1, 0.15) is 102 Å². The molecule has 0 N–H and O–H groups in total. The van der Waals surface area contributed by atoms with E-state index in [9.17, 15) is 0 Å². The normalized spacial score (nSPS) is 31.8. The Bertz CT molecular complexity index is 1140. The van der Waals surface area contributed by atoms with Crippen LogP contribution in [0, 0.1) is 41.2 Å². The van der Waals surface area contributed by atoms with Crippen LogP contribution in [0.3, 0.4) is 0 Å². The van der Waals surface area contributed by atoms with Crippen molar-refractivity contribution in [2.45, 2.75) is 97.3 Å². The first-order chi connectivity index (χ1) is 18.5. The van der Waals surface area contributed by atoms with Crippen molar-refractivity contribution in [3.8, 4) is 11.1 Å². The molecule has 1 atom stereocenters. The van der Waals surface area contributed by atoms with E-state index in [4.69, 9.17) is 0 Å². The number of hydrogen-bond donors (Lipinski definition) is 0. The van der Waals surface area contributed by atoms with E-state index in [0.717, 1.165) is 24.2 Å². The Labute approximate surface area is 246 Å². The van der Waals surface area contributed by atoms with Crippen molar-refractivity contribution in [2.75, 3.05) is 0 Å². The Hall–Kier alpha value is -1.33. The molecular weight excluding hydrogens is 536 g/mol. The zero-order chi connectivity index (χ0) is 26.1. The van der Waals surface area contributed by atoms with Gasteiger partial charge in [0.2, 0.25) is 0 Å². The maximum atomic E-state index is 3.57. The van der Waals surface area contributed by atoms with Gasteiger partial charge in [-0.2, -0.15) is 41.5 Å². The largest absolute Gasteiger partial charge is 0.179 e. The van der Waals surface area contributed by atoms with Gasteiger partial charge in [0.25, 0.3) is 0 Å². The standard InChI is InChI=1S/C18H25.C13H9.C6H10.Zr/c1-12-3-13(2)17(4-12)11-18-8-14-5-15(9-18)7-16(6-14)10-18;1-3-7-12-10(5-1)9-11-6-2-4-8-13(11)12;1-2-4-6-5-3-1;/h4,12,14-16H,5-11H2,1-2H3;1-5,7-8H,9H2;1-5H2;/q2*-1;;+2. The Balaban J connectivity index is 0.000000115. The van der Waals surface area contributed by atoms with Crippen LogP contribution < -0.4 is 0 Å². The van der Waals surface area contributed by atoms with Crippen LogP contribution in [0.5, 0.6) is 0 Å². The summed E-state index contributed by atoms with van der Waals surface area (Å²) in [5.74, 6) is 3.82. The second kappa shape index (κ2) is 11.7. The van der Waals surface area contributed by atoms with Gasteiger partial charge in [-0.15, -0.1) is 5.56 Å². The number of allylic oxidation sites excluding steroid dienone is 4. The van der Waals surface area contributed by atoms with Crippen molar-refractivity contribution >= 4 is 3.21 Å². The molecule has 0 spiro atoms.